The van der Waals surface area contributed by atoms with Gasteiger partial charge in [-0.2, -0.15) is 4.37 Å². The highest BCUT2D eigenvalue weighted by Crippen LogP contribution is 2.49. The average molecular weight is 279 g/mol. The Hall–Kier alpha value is -0.770. The zero-order valence-electron chi connectivity index (χ0n) is 11.9. The van der Waals surface area contributed by atoms with Crippen LogP contribution in [0.4, 0.5) is 10.8 Å². The van der Waals surface area contributed by atoms with Crippen LogP contribution < -0.4 is 10.6 Å². The fraction of sp³-hybridized carbons (Fsp3) is 0.800. The molecule has 1 aliphatic carbocycles. The van der Waals surface area contributed by atoms with Crippen LogP contribution >= 0.6 is 11.5 Å². The Morgan fingerprint density at radius 1 is 1.26 bits per heavy atom. The van der Waals surface area contributed by atoms with Gasteiger partial charge in [-0.05, 0) is 55.5 Å². The lowest BCUT2D eigenvalue weighted by atomic mass is 9.96. The molecule has 1 aromatic heterocycles. The number of rotatable bonds is 4. The van der Waals surface area contributed by atoms with Crippen molar-refractivity contribution in [3.63, 3.8) is 0 Å². The normalized spacial score (nSPS) is 24.5. The topological polar surface area (TPSA) is 42.2 Å². The predicted molar refractivity (Wildman–Crippen MR) is 83.0 cm³/mol. The van der Waals surface area contributed by atoms with E-state index >= 15 is 0 Å². The molecule has 3 rings (SSSR count). The molecule has 2 fully saturated rings. The minimum absolute atomic E-state index is 0.712. The summed E-state index contributed by atoms with van der Waals surface area (Å²) in [4.78, 5) is 2.57. The lowest BCUT2D eigenvalue weighted by Gasteiger charge is -2.22. The molecule has 2 N–H and O–H groups in total. The monoisotopic (exact) mass is 279 g/mol. The number of nitrogens with zero attached hydrogens (tertiary/aromatic N) is 2. The summed E-state index contributed by atoms with van der Waals surface area (Å²) in [6.07, 6.45) is 9.41. The Morgan fingerprint density at radius 2 is 2.11 bits per heavy atom. The van der Waals surface area contributed by atoms with Crippen LogP contribution in [0.3, 0.4) is 0 Å². The average Bonchev–Trinajstić information content (AvgIpc) is 3.19. The molecule has 1 saturated carbocycles. The van der Waals surface area contributed by atoms with Crippen LogP contribution in [0.15, 0.2) is 0 Å². The maximum atomic E-state index is 6.08. The molecule has 0 amide bonds. The van der Waals surface area contributed by atoms with Gasteiger partial charge in [0.15, 0.2) is 0 Å². The van der Waals surface area contributed by atoms with Crippen molar-refractivity contribution in [1.29, 1.82) is 0 Å². The molecule has 0 bridgehead atoms. The van der Waals surface area contributed by atoms with Gasteiger partial charge in [0, 0.05) is 18.7 Å². The third kappa shape index (κ3) is 2.88. The van der Waals surface area contributed by atoms with Gasteiger partial charge in [-0.3, -0.25) is 0 Å². The van der Waals surface area contributed by atoms with E-state index in [0.29, 0.717) is 5.92 Å². The number of aromatic nitrogens is 1. The van der Waals surface area contributed by atoms with Crippen molar-refractivity contribution in [2.45, 2.75) is 57.8 Å². The van der Waals surface area contributed by atoms with Gasteiger partial charge in [-0.1, -0.05) is 19.8 Å². The van der Waals surface area contributed by atoms with Gasteiger partial charge < -0.3 is 10.6 Å². The molecule has 3 nitrogen and oxygen atoms in total. The first-order valence-corrected chi connectivity index (χ1v) is 8.57. The fourth-order valence-corrected chi connectivity index (χ4v) is 4.30. The summed E-state index contributed by atoms with van der Waals surface area (Å²) in [6, 6.07) is 0. The van der Waals surface area contributed by atoms with E-state index in [1.165, 1.54) is 68.6 Å². The van der Waals surface area contributed by atoms with E-state index in [9.17, 15) is 0 Å². The fourth-order valence-electron chi connectivity index (χ4n) is 3.35. The van der Waals surface area contributed by atoms with Crippen molar-refractivity contribution in [1.82, 2.24) is 4.37 Å². The zero-order chi connectivity index (χ0) is 13.2. The molecule has 2 aliphatic rings. The van der Waals surface area contributed by atoms with E-state index in [-0.39, 0.29) is 0 Å². The van der Waals surface area contributed by atoms with Gasteiger partial charge in [-0.15, -0.1) is 0 Å². The minimum atomic E-state index is 0.712. The lowest BCUT2D eigenvalue weighted by molar-refractivity contribution is 0.435. The molecule has 0 aromatic carbocycles. The maximum Gasteiger partial charge on any atom is 0.142 e. The first-order chi connectivity index (χ1) is 9.29. The number of nitrogen functional groups attached to an aromatic ring is 1. The molecule has 0 spiro atoms. The van der Waals surface area contributed by atoms with Crippen LogP contribution in [-0.4, -0.2) is 17.5 Å². The maximum absolute atomic E-state index is 6.08. The Balaban J connectivity index is 1.72. The van der Waals surface area contributed by atoms with Crippen LogP contribution in [0.5, 0.6) is 0 Å². The van der Waals surface area contributed by atoms with Gasteiger partial charge in [0.25, 0.3) is 0 Å². The molecule has 0 radical (unpaired) electrons. The summed E-state index contributed by atoms with van der Waals surface area (Å²) < 4.78 is 4.42. The number of anilines is 2. The molecule has 106 valence electrons. The smallest absolute Gasteiger partial charge is 0.142 e. The highest BCUT2D eigenvalue weighted by atomic mass is 32.1. The van der Waals surface area contributed by atoms with E-state index < -0.39 is 0 Å². The van der Waals surface area contributed by atoms with Crippen LogP contribution in [0.25, 0.3) is 0 Å². The first kappa shape index (κ1) is 13.2. The molecule has 1 aliphatic heterocycles. The van der Waals surface area contributed by atoms with E-state index in [2.05, 4.69) is 16.2 Å². The van der Waals surface area contributed by atoms with Gasteiger partial charge in [0.05, 0.1) is 0 Å². The van der Waals surface area contributed by atoms with Crippen LogP contribution in [0.2, 0.25) is 0 Å². The standard InChI is InChI=1S/C15H25N3S/c1-2-4-11-5-3-9-18(10-8-11)15-13(12-6-7-12)14(16)17-19-15/h11-12H,2-10H2,1H3,(H2,16,17). The Morgan fingerprint density at radius 3 is 2.84 bits per heavy atom. The van der Waals surface area contributed by atoms with Crippen molar-refractivity contribution < 1.29 is 0 Å². The SMILES string of the molecule is CCCC1CCCN(c2snc(N)c2C2CC2)CC1. The molecule has 1 atom stereocenters. The van der Waals surface area contributed by atoms with Gasteiger partial charge in [-0.25, -0.2) is 0 Å². The van der Waals surface area contributed by atoms with Crippen molar-refractivity contribution >= 4 is 22.4 Å². The van der Waals surface area contributed by atoms with Gasteiger partial charge >= 0.3 is 0 Å². The summed E-state index contributed by atoms with van der Waals surface area (Å²) in [7, 11) is 0. The summed E-state index contributed by atoms with van der Waals surface area (Å²) in [5.41, 5.74) is 7.45. The van der Waals surface area contributed by atoms with Crippen LogP contribution in [0, 0.1) is 5.92 Å². The van der Waals surface area contributed by atoms with Crippen molar-refractivity contribution in [3.05, 3.63) is 5.56 Å². The highest BCUT2D eigenvalue weighted by Gasteiger charge is 2.32. The molecular formula is C15H25N3S. The number of nitrogens with two attached hydrogens (primary N) is 1. The molecule has 2 heterocycles. The summed E-state index contributed by atoms with van der Waals surface area (Å²) in [5.74, 6) is 2.45. The van der Waals surface area contributed by atoms with Crippen LogP contribution in [-0.2, 0) is 0 Å². The van der Waals surface area contributed by atoms with Gasteiger partial charge in [0.1, 0.15) is 10.8 Å². The van der Waals surface area contributed by atoms with Crippen molar-refractivity contribution in [2.75, 3.05) is 23.7 Å². The summed E-state index contributed by atoms with van der Waals surface area (Å²) >= 11 is 1.63. The lowest BCUT2D eigenvalue weighted by Crippen LogP contribution is -2.24. The quantitative estimate of drug-likeness (QED) is 0.905. The predicted octanol–water partition coefficient (Wildman–Crippen LogP) is 4.01. The van der Waals surface area contributed by atoms with Gasteiger partial charge in [0.2, 0.25) is 0 Å². The van der Waals surface area contributed by atoms with E-state index in [1.54, 1.807) is 11.5 Å². The Bertz CT molecular complexity index is 425. The third-order valence-corrected chi connectivity index (χ3v) is 5.49. The molecule has 4 heteroatoms. The second-order valence-corrected chi connectivity index (χ2v) is 6.89. The molecule has 19 heavy (non-hydrogen) atoms. The Kier molecular flexibility index (Phi) is 3.96. The van der Waals surface area contributed by atoms with Crippen molar-refractivity contribution in [2.24, 2.45) is 5.92 Å². The minimum Gasteiger partial charge on any atom is -0.383 e. The van der Waals surface area contributed by atoms with E-state index in [4.69, 9.17) is 5.73 Å². The second-order valence-electron chi connectivity index (χ2n) is 6.13. The Labute approximate surface area is 120 Å². The second kappa shape index (κ2) is 5.70. The van der Waals surface area contributed by atoms with E-state index in [1.807, 2.05) is 0 Å². The molecule has 1 unspecified atom stereocenters. The summed E-state index contributed by atoms with van der Waals surface area (Å²) in [5, 5.41) is 1.39. The molecule has 1 aromatic rings. The summed E-state index contributed by atoms with van der Waals surface area (Å²) in [6.45, 7) is 4.70. The zero-order valence-corrected chi connectivity index (χ0v) is 12.7. The molecule has 1 saturated heterocycles. The third-order valence-electron chi connectivity index (χ3n) is 4.55. The van der Waals surface area contributed by atoms with Crippen LogP contribution in [0.1, 0.15) is 63.4 Å². The first-order valence-electron chi connectivity index (χ1n) is 7.79. The van der Waals surface area contributed by atoms with E-state index in [0.717, 1.165) is 11.7 Å². The highest BCUT2D eigenvalue weighted by molar-refractivity contribution is 7.10. The van der Waals surface area contributed by atoms with Crippen molar-refractivity contribution in [3.8, 4) is 0 Å². The number of hydrogen-bond acceptors (Lipinski definition) is 4. The molecular weight excluding hydrogens is 254 g/mol. The number of hydrogen-bond donors (Lipinski definition) is 1. The largest absolute Gasteiger partial charge is 0.383 e.